The van der Waals surface area contributed by atoms with Crippen molar-refractivity contribution in [2.24, 2.45) is 0 Å². The molecule has 0 fully saturated rings. The van der Waals surface area contributed by atoms with Crippen LogP contribution in [0.1, 0.15) is 71.1 Å². The number of unbranched alkanes of at least 4 members (excludes halogenated alkanes) is 9. The van der Waals surface area contributed by atoms with Crippen molar-refractivity contribution in [2.75, 3.05) is 0 Å². The molecule has 0 heterocycles. The van der Waals surface area contributed by atoms with E-state index < -0.39 is 43.0 Å². The molecule has 0 aliphatic heterocycles. The summed E-state index contributed by atoms with van der Waals surface area (Å²) in [4.78, 5) is 0. The molecule has 0 aromatic rings. The third-order valence-electron chi connectivity index (χ3n) is 4.94. The van der Waals surface area contributed by atoms with Crippen LogP contribution in [0.4, 0.5) is 0 Å². The monoisotopic (exact) mass is 524 g/mol. The molecule has 0 radical (unpaired) electrons. The van der Waals surface area contributed by atoms with Crippen LogP contribution in [0.3, 0.4) is 0 Å². The lowest BCUT2D eigenvalue weighted by atomic mass is 10.1. The Morgan fingerprint density at radius 3 is 1.42 bits per heavy atom. The first-order valence-electron chi connectivity index (χ1n) is 12.8. The van der Waals surface area contributed by atoms with Gasteiger partial charge in [-0.15, -0.1) is 0 Å². The summed E-state index contributed by atoms with van der Waals surface area (Å²) >= 11 is 0. The van der Waals surface area contributed by atoms with Crippen molar-refractivity contribution in [1.29, 1.82) is 0 Å². The summed E-state index contributed by atoms with van der Waals surface area (Å²) in [5.41, 5.74) is 0. The fourth-order valence-electron chi connectivity index (χ4n) is 4.17. The molecule has 31 heavy (non-hydrogen) atoms. The minimum atomic E-state index is -2.28. The van der Waals surface area contributed by atoms with E-state index in [1.165, 1.54) is 64.2 Å². The van der Waals surface area contributed by atoms with E-state index in [0.717, 1.165) is 6.04 Å². The maximum atomic E-state index is 6.81. The number of hydrogen-bond donors (Lipinski definition) is 0. The summed E-state index contributed by atoms with van der Waals surface area (Å²) in [7, 11) is -9.47. The molecule has 0 spiro atoms. The molecule has 0 aromatic carbocycles. The summed E-state index contributed by atoms with van der Waals surface area (Å²) in [5, 5.41) is 0. The average molecular weight is 525 g/mol. The van der Waals surface area contributed by atoms with Crippen LogP contribution in [0.2, 0.25) is 71.5 Å². The van der Waals surface area contributed by atoms with Gasteiger partial charge in [-0.25, -0.2) is 0 Å². The van der Waals surface area contributed by atoms with Gasteiger partial charge in [0.2, 0.25) is 0 Å². The molecule has 0 aliphatic rings. The zero-order chi connectivity index (χ0) is 24.2. The minimum Gasteiger partial charge on any atom is -0.439 e. The highest BCUT2D eigenvalue weighted by Crippen LogP contribution is 2.28. The van der Waals surface area contributed by atoms with E-state index in [0.29, 0.717) is 0 Å². The van der Waals surface area contributed by atoms with Crippen molar-refractivity contribution in [3.05, 3.63) is 0 Å². The Morgan fingerprint density at radius 1 is 0.548 bits per heavy atom. The van der Waals surface area contributed by atoms with Gasteiger partial charge in [0.15, 0.2) is 16.6 Å². The maximum Gasteiger partial charge on any atom is 0.315 e. The van der Waals surface area contributed by atoms with Crippen molar-refractivity contribution in [2.45, 2.75) is 143 Å². The first-order chi connectivity index (χ1) is 14.1. The molecule has 2 atom stereocenters. The molecule has 0 amide bonds. The Morgan fingerprint density at radius 2 is 1.00 bits per heavy atom. The summed E-state index contributed by atoms with van der Waals surface area (Å²) in [6, 6.07) is 1.08. The van der Waals surface area contributed by atoms with Crippen LogP contribution in [0, 0.1) is 0 Å². The predicted octanol–water partition coefficient (Wildman–Crippen LogP) is 8.27. The van der Waals surface area contributed by atoms with Crippen LogP contribution < -0.4 is 0 Å². The van der Waals surface area contributed by atoms with Gasteiger partial charge < -0.3 is 16.5 Å². The molecule has 0 saturated carbocycles. The highest BCUT2D eigenvalue weighted by atomic mass is 28.5. The minimum absolute atomic E-state index is 1.08. The third kappa shape index (κ3) is 20.0. The van der Waals surface area contributed by atoms with Crippen LogP contribution in [0.25, 0.3) is 0 Å². The van der Waals surface area contributed by atoms with E-state index in [1.54, 1.807) is 0 Å². The Bertz CT molecular complexity index is 466. The fraction of sp³-hybridized carbons (Fsp3) is 1.00. The van der Waals surface area contributed by atoms with Crippen LogP contribution in [-0.4, -0.2) is 43.0 Å². The van der Waals surface area contributed by atoms with Crippen LogP contribution in [-0.2, 0) is 16.5 Å². The topological polar surface area (TPSA) is 36.9 Å². The molecule has 4 nitrogen and oxygen atoms in total. The van der Waals surface area contributed by atoms with Crippen molar-refractivity contribution in [3.63, 3.8) is 0 Å². The van der Waals surface area contributed by atoms with Gasteiger partial charge in [-0.05, 0) is 71.5 Å². The van der Waals surface area contributed by atoms with Crippen molar-refractivity contribution in [1.82, 2.24) is 0 Å². The molecular formula is C22H56O4Si5. The summed E-state index contributed by atoms with van der Waals surface area (Å²) in [5.74, 6) is 0. The second-order valence-electron chi connectivity index (χ2n) is 11.7. The molecule has 0 aromatic heterocycles. The predicted molar refractivity (Wildman–Crippen MR) is 150 cm³/mol. The third-order valence-corrected chi connectivity index (χ3v) is 21.8. The standard InChI is InChI=1S/C22H56O4Si5/c1-12-13-14-15-16-17-18-19-20-21-22-31(11,25-29(6,7)8)26-30(9,10)24-27(2)23-28(3,4)5/h27H,12-22H2,1-11H3. The Hall–Kier alpha value is 0.924. The van der Waals surface area contributed by atoms with Gasteiger partial charge in [0, 0.05) is 0 Å². The summed E-state index contributed by atoms with van der Waals surface area (Å²) < 4.78 is 26.2. The Labute approximate surface area is 201 Å². The first kappa shape index (κ1) is 31.9. The van der Waals surface area contributed by atoms with E-state index in [2.05, 4.69) is 72.4 Å². The molecule has 188 valence electrons. The maximum absolute atomic E-state index is 6.81. The van der Waals surface area contributed by atoms with E-state index >= 15 is 0 Å². The van der Waals surface area contributed by atoms with E-state index in [4.69, 9.17) is 16.5 Å². The van der Waals surface area contributed by atoms with E-state index in [9.17, 15) is 0 Å². The second-order valence-corrected chi connectivity index (χ2v) is 30.4. The van der Waals surface area contributed by atoms with Gasteiger partial charge in [0.05, 0.1) is 0 Å². The van der Waals surface area contributed by atoms with Crippen LogP contribution >= 0.6 is 0 Å². The number of hydrogen-bond acceptors (Lipinski definition) is 4. The first-order valence-corrected chi connectivity index (χ1v) is 27.1. The van der Waals surface area contributed by atoms with Crippen molar-refractivity contribution >= 4 is 43.0 Å². The van der Waals surface area contributed by atoms with Gasteiger partial charge in [-0.2, -0.15) is 0 Å². The molecule has 0 aliphatic carbocycles. The lowest BCUT2D eigenvalue weighted by molar-refractivity contribution is 0.305. The van der Waals surface area contributed by atoms with Gasteiger partial charge >= 0.3 is 17.1 Å². The molecule has 0 N–H and O–H groups in total. The van der Waals surface area contributed by atoms with Crippen LogP contribution in [0.5, 0.6) is 0 Å². The molecule has 0 rings (SSSR count). The molecule has 0 bridgehead atoms. The zero-order valence-electron chi connectivity index (χ0n) is 23.0. The highest BCUT2D eigenvalue weighted by molar-refractivity contribution is 6.88. The molecule has 9 heteroatoms. The van der Waals surface area contributed by atoms with Gasteiger partial charge in [0.25, 0.3) is 9.28 Å². The summed E-state index contributed by atoms with van der Waals surface area (Å²) in [6.07, 6.45) is 13.6. The lowest BCUT2D eigenvalue weighted by Gasteiger charge is -2.40. The van der Waals surface area contributed by atoms with Gasteiger partial charge in [0.1, 0.15) is 0 Å². The average Bonchev–Trinajstić information content (AvgIpc) is 2.51. The van der Waals surface area contributed by atoms with Gasteiger partial charge in [-0.1, -0.05) is 71.1 Å². The van der Waals surface area contributed by atoms with E-state index in [1.807, 2.05) is 0 Å². The molecule has 2 unspecified atom stereocenters. The second kappa shape index (κ2) is 15.0. The van der Waals surface area contributed by atoms with Crippen molar-refractivity contribution in [3.8, 4) is 0 Å². The Kier molecular flexibility index (Phi) is 15.5. The Balaban J connectivity index is 4.57. The molecular weight excluding hydrogens is 469 g/mol. The SMILES string of the molecule is CCCCCCCCCCCC[Si](C)(O[Si](C)(C)C)O[Si](C)(C)O[SiH](C)O[Si](C)(C)C. The highest BCUT2D eigenvalue weighted by Gasteiger charge is 2.43. The van der Waals surface area contributed by atoms with E-state index in [-0.39, 0.29) is 0 Å². The quantitative estimate of drug-likeness (QED) is 0.126. The summed E-state index contributed by atoms with van der Waals surface area (Å²) in [6.45, 7) is 24.6. The van der Waals surface area contributed by atoms with Gasteiger partial charge in [-0.3, -0.25) is 0 Å². The van der Waals surface area contributed by atoms with Crippen LogP contribution in [0.15, 0.2) is 0 Å². The number of rotatable bonds is 19. The normalized spacial score (nSPS) is 16.4. The zero-order valence-corrected chi connectivity index (χ0v) is 28.1. The lowest BCUT2D eigenvalue weighted by Crippen LogP contribution is -2.56. The molecule has 0 saturated heterocycles. The van der Waals surface area contributed by atoms with Crippen molar-refractivity contribution < 1.29 is 16.5 Å². The smallest absolute Gasteiger partial charge is 0.315 e. The largest absolute Gasteiger partial charge is 0.439 e. The fourth-order valence-corrected chi connectivity index (χ4v) is 24.2.